The standard InChI is InChI=1S/C13H21NO4/c1-2-5-14(12(15)6-9-3-4-9)11-8-18-7-10(11)13(16)17/h9-11H,2-8H2,1H3,(H,16,17). The maximum Gasteiger partial charge on any atom is 0.311 e. The Morgan fingerprint density at radius 2 is 2.06 bits per heavy atom. The van der Waals surface area contributed by atoms with Crippen molar-refractivity contribution >= 4 is 11.9 Å². The molecule has 1 aliphatic heterocycles. The lowest BCUT2D eigenvalue weighted by Gasteiger charge is -2.30. The average Bonchev–Trinajstić information content (AvgIpc) is 2.99. The Balaban J connectivity index is 2.02. The molecule has 2 rings (SSSR count). The summed E-state index contributed by atoms with van der Waals surface area (Å²) in [6.07, 6.45) is 3.69. The van der Waals surface area contributed by atoms with Crippen LogP contribution < -0.4 is 0 Å². The number of hydrogen-bond donors (Lipinski definition) is 1. The molecule has 0 bridgehead atoms. The lowest BCUT2D eigenvalue weighted by molar-refractivity contribution is -0.145. The largest absolute Gasteiger partial charge is 0.481 e. The number of hydrogen-bond acceptors (Lipinski definition) is 3. The quantitative estimate of drug-likeness (QED) is 0.772. The maximum absolute atomic E-state index is 12.2. The normalized spacial score (nSPS) is 27.2. The fourth-order valence-corrected chi connectivity index (χ4v) is 2.49. The summed E-state index contributed by atoms with van der Waals surface area (Å²) in [7, 11) is 0. The molecule has 1 aliphatic carbocycles. The predicted octanol–water partition coefficient (Wildman–Crippen LogP) is 1.12. The first-order valence-corrected chi connectivity index (χ1v) is 6.73. The van der Waals surface area contributed by atoms with E-state index in [1.807, 2.05) is 6.92 Å². The van der Waals surface area contributed by atoms with Crippen molar-refractivity contribution in [2.75, 3.05) is 19.8 Å². The number of nitrogens with zero attached hydrogens (tertiary/aromatic N) is 1. The molecule has 5 heteroatoms. The Labute approximate surface area is 107 Å². The van der Waals surface area contributed by atoms with Crippen molar-refractivity contribution in [1.29, 1.82) is 0 Å². The molecular weight excluding hydrogens is 234 g/mol. The van der Waals surface area contributed by atoms with Gasteiger partial charge < -0.3 is 14.7 Å². The van der Waals surface area contributed by atoms with Crippen LogP contribution in [0.15, 0.2) is 0 Å². The molecule has 0 aromatic heterocycles. The molecule has 102 valence electrons. The van der Waals surface area contributed by atoms with E-state index in [4.69, 9.17) is 9.84 Å². The van der Waals surface area contributed by atoms with E-state index in [-0.39, 0.29) is 18.6 Å². The third-order valence-electron chi connectivity index (χ3n) is 3.71. The van der Waals surface area contributed by atoms with E-state index in [1.54, 1.807) is 4.90 Å². The van der Waals surface area contributed by atoms with Crippen LogP contribution in [-0.4, -0.2) is 47.7 Å². The fourth-order valence-electron chi connectivity index (χ4n) is 2.49. The van der Waals surface area contributed by atoms with Crippen molar-refractivity contribution in [1.82, 2.24) is 4.90 Å². The second-order valence-electron chi connectivity index (χ2n) is 5.28. The van der Waals surface area contributed by atoms with Crippen LogP contribution in [0.5, 0.6) is 0 Å². The Morgan fingerprint density at radius 3 is 2.61 bits per heavy atom. The third kappa shape index (κ3) is 3.02. The molecule has 0 radical (unpaired) electrons. The number of rotatable bonds is 6. The maximum atomic E-state index is 12.2. The van der Waals surface area contributed by atoms with Gasteiger partial charge in [-0.05, 0) is 25.2 Å². The van der Waals surface area contributed by atoms with Gasteiger partial charge in [-0.3, -0.25) is 9.59 Å². The van der Waals surface area contributed by atoms with E-state index in [0.717, 1.165) is 19.3 Å². The molecular formula is C13H21NO4. The highest BCUT2D eigenvalue weighted by molar-refractivity contribution is 5.79. The van der Waals surface area contributed by atoms with Gasteiger partial charge >= 0.3 is 5.97 Å². The van der Waals surface area contributed by atoms with E-state index in [0.29, 0.717) is 25.5 Å². The molecule has 2 aliphatic rings. The number of ether oxygens (including phenoxy) is 1. The first-order chi connectivity index (χ1) is 8.63. The number of amides is 1. The van der Waals surface area contributed by atoms with E-state index in [1.165, 1.54) is 0 Å². The van der Waals surface area contributed by atoms with Gasteiger partial charge in [0.2, 0.25) is 5.91 Å². The van der Waals surface area contributed by atoms with Crippen LogP contribution in [0.25, 0.3) is 0 Å². The molecule has 18 heavy (non-hydrogen) atoms. The minimum Gasteiger partial charge on any atom is -0.481 e. The number of carboxylic acids is 1. The van der Waals surface area contributed by atoms with Gasteiger partial charge in [-0.25, -0.2) is 0 Å². The first kappa shape index (κ1) is 13.3. The SMILES string of the molecule is CCCN(C(=O)CC1CC1)C1COCC1C(=O)O. The van der Waals surface area contributed by atoms with Crippen molar-refractivity contribution in [2.45, 2.75) is 38.6 Å². The van der Waals surface area contributed by atoms with Crippen LogP contribution in [0.3, 0.4) is 0 Å². The van der Waals surface area contributed by atoms with E-state index < -0.39 is 11.9 Å². The van der Waals surface area contributed by atoms with Crippen molar-refractivity contribution in [3.8, 4) is 0 Å². The lowest BCUT2D eigenvalue weighted by atomic mass is 10.0. The molecule has 1 heterocycles. The molecule has 1 saturated heterocycles. The molecule has 1 saturated carbocycles. The van der Waals surface area contributed by atoms with E-state index in [2.05, 4.69) is 0 Å². The Hall–Kier alpha value is -1.10. The topological polar surface area (TPSA) is 66.8 Å². The van der Waals surface area contributed by atoms with Crippen LogP contribution in [0.4, 0.5) is 0 Å². The number of aliphatic carboxylic acids is 1. The highest BCUT2D eigenvalue weighted by Crippen LogP contribution is 2.33. The smallest absolute Gasteiger partial charge is 0.311 e. The Morgan fingerprint density at radius 1 is 1.33 bits per heavy atom. The fraction of sp³-hybridized carbons (Fsp3) is 0.846. The molecule has 0 spiro atoms. The number of carboxylic acid groups (broad SMARTS) is 1. The zero-order chi connectivity index (χ0) is 13.1. The molecule has 2 fully saturated rings. The summed E-state index contributed by atoms with van der Waals surface area (Å²) in [5, 5.41) is 9.16. The summed E-state index contributed by atoms with van der Waals surface area (Å²) in [6.45, 7) is 3.21. The molecule has 1 N–H and O–H groups in total. The van der Waals surface area contributed by atoms with Gasteiger partial charge in [-0.2, -0.15) is 0 Å². The zero-order valence-corrected chi connectivity index (χ0v) is 10.8. The second kappa shape index (κ2) is 5.69. The molecule has 0 aromatic carbocycles. The first-order valence-electron chi connectivity index (χ1n) is 6.73. The summed E-state index contributed by atoms with van der Waals surface area (Å²) in [6, 6.07) is -0.284. The van der Waals surface area contributed by atoms with Gasteiger partial charge in [0.05, 0.1) is 19.3 Å². The summed E-state index contributed by atoms with van der Waals surface area (Å²) in [5.41, 5.74) is 0. The summed E-state index contributed by atoms with van der Waals surface area (Å²) in [4.78, 5) is 25.1. The van der Waals surface area contributed by atoms with Gasteiger partial charge in [0.15, 0.2) is 0 Å². The monoisotopic (exact) mass is 255 g/mol. The highest BCUT2D eigenvalue weighted by Gasteiger charge is 2.40. The van der Waals surface area contributed by atoms with Gasteiger partial charge in [-0.15, -0.1) is 0 Å². The van der Waals surface area contributed by atoms with Crippen LogP contribution >= 0.6 is 0 Å². The van der Waals surface area contributed by atoms with Crippen molar-refractivity contribution in [3.05, 3.63) is 0 Å². The predicted molar refractivity (Wildman–Crippen MR) is 65.1 cm³/mol. The number of carbonyl (C=O) groups is 2. The van der Waals surface area contributed by atoms with Crippen LogP contribution in [0.1, 0.15) is 32.6 Å². The molecule has 0 aromatic rings. The minimum atomic E-state index is -0.863. The molecule has 2 atom stereocenters. The summed E-state index contributed by atoms with van der Waals surface area (Å²) >= 11 is 0. The zero-order valence-electron chi connectivity index (χ0n) is 10.8. The summed E-state index contributed by atoms with van der Waals surface area (Å²) < 4.78 is 5.25. The van der Waals surface area contributed by atoms with Crippen LogP contribution in [0.2, 0.25) is 0 Å². The summed E-state index contributed by atoms with van der Waals surface area (Å²) in [5.74, 6) is -0.805. The van der Waals surface area contributed by atoms with Crippen LogP contribution in [-0.2, 0) is 14.3 Å². The van der Waals surface area contributed by atoms with Gasteiger partial charge in [0.1, 0.15) is 5.92 Å². The van der Waals surface area contributed by atoms with Crippen molar-refractivity contribution in [2.24, 2.45) is 11.8 Å². The lowest BCUT2D eigenvalue weighted by Crippen LogP contribution is -2.47. The average molecular weight is 255 g/mol. The van der Waals surface area contributed by atoms with Crippen molar-refractivity contribution < 1.29 is 19.4 Å². The number of carbonyl (C=O) groups excluding carboxylic acids is 1. The highest BCUT2D eigenvalue weighted by atomic mass is 16.5. The molecule has 5 nitrogen and oxygen atoms in total. The Bertz CT molecular complexity index is 327. The van der Waals surface area contributed by atoms with Crippen molar-refractivity contribution in [3.63, 3.8) is 0 Å². The van der Waals surface area contributed by atoms with E-state index >= 15 is 0 Å². The molecule has 1 amide bonds. The van der Waals surface area contributed by atoms with Crippen LogP contribution in [0, 0.1) is 11.8 Å². The van der Waals surface area contributed by atoms with E-state index in [9.17, 15) is 9.59 Å². The minimum absolute atomic E-state index is 0.0982. The third-order valence-corrected chi connectivity index (χ3v) is 3.71. The second-order valence-corrected chi connectivity index (χ2v) is 5.28. The van der Waals surface area contributed by atoms with Gasteiger partial charge in [-0.1, -0.05) is 6.92 Å². The van der Waals surface area contributed by atoms with Gasteiger partial charge in [0.25, 0.3) is 0 Å². The Kier molecular flexibility index (Phi) is 4.22. The van der Waals surface area contributed by atoms with Gasteiger partial charge in [0, 0.05) is 13.0 Å². The molecule has 2 unspecified atom stereocenters.